The molecule has 0 amide bonds. The molecule has 0 spiro atoms. The highest BCUT2D eigenvalue weighted by atomic mass is 31.2. The highest BCUT2D eigenvalue weighted by Gasteiger charge is 2.30. The van der Waals surface area contributed by atoms with Crippen molar-refractivity contribution in [2.24, 2.45) is 0 Å². The van der Waals surface area contributed by atoms with E-state index in [1.165, 1.54) is 0 Å². The van der Waals surface area contributed by atoms with Gasteiger partial charge in [0.2, 0.25) is 0 Å². The molecule has 104 heavy (non-hydrogen) atoms. The molecule has 0 aromatic heterocycles. The number of unbranched alkanes of at least 4 members (excludes halogenated alkanes) is 15. The van der Waals surface area contributed by atoms with Gasteiger partial charge in [0.05, 0.1) is 26.4 Å². The number of phosphoric ester groups is 2. The molecule has 0 rings (SSSR count). The molecular formula is C85H136O17P2. The Balaban J connectivity index is 5.47. The maximum absolute atomic E-state index is 13.1. The average Bonchev–Trinajstić information content (AvgIpc) is 0.939. The van der Waals surface area contributed by atoms with E-state index in [2.05, 4.69) is 192 Å². The number of carbonyl (C=O) groups is 4. The monoisotopic (exact) mass is 1490 g/mol. The molecule has 0 aliphatic heterocycles. The fourth-order valence-corrected chi connectivity index (χ4v) is 11.1. The molecule has 0 aromatic rings. The lowest BCUT2D eigenvalue weighted by Gasteiger charge is -2.21. The van der Waals surface area contributed by atoms with Gasteiger partial charge in [-0.1, -0.05) is 268 Å². The zero-order chi connectivity index (χ0) is 76.0. The summed E-state index contributed by atoms with van der Waals surface area (Å²) >= 11 is 0. The van der Waals surface area contributed by atoms with Gasteiger partial charge in [0.15, 0.2) is 12.2 Å². The van der Waals surface area contributed by atoms with Crippen molar-refractivity contribution in [2.75, 3.05) is 39.6 Å². The lowest BCUT2D eigenvalue weighted by molar-refractivity contribution is -0.161. The Morgan fingerprint density at radius 1 is 0.279 bits per heavy atom. The summed E-state index contributed by atoms with van der Waals surface area (Å²) in [7, 11) is -10.0. The fourth-order valence-electron chi connectivity index (χ4n) is 9.52. The van der Waals surface area contributed by atoms with Crippen LogP contribution in [0.2, 0.25) is 0 Å². The molecule has 3 N–H and O–H groups in total. The highest BCUT2D eigenvalue weighted by Crippen LogP contribution is 2.45. The summed E-state index contributed by atoms with van der Waals surface area (Å²) in [5.41, 5.74) is 0. The Bertz CT molecular complexity index is 2690. The minimum atomic E-state index is -5.01. The maximum Gasteiger partial charge on any atom is 0.472 e. The van der Waals surface area contributed by atoms with E-state index in [9.17, 15) is 43.2 Å². The first-order valence-corrected chi connectivity index (χ1v) is 42.0. The molecule has 0 fully saturated rings. The minimum Gasteiger partial charge on any atom is -0.462 e. The number of ether oxygens (including phenoxy) is 4. The van der Waals surface area contributed by atoms with E-state index in [0.29, 0.717) is 32.1 Å². The van der Waals surface area contributed by atoms with Gasteiger partial charge < -0.3 is 33.8 Å². The predicted octanol–water partition coefficient (Wildman–Crippen LogP) is 22.8. The number of aliphatic hydroxyl groups is 1. The van der Waals surface area contributed by atoms with Gasteiger partial charge in [-0.2, -0.15) is 0 Å². The summed E-state index contributed by atoms with van der Waals surface area (Å²) in [5, 5.41) is 10.6. The predicted molar refractivity (Wildman–Crippen MR) is 426 cm³/mol. The SMILES string of the molecule is CC/C=C\C/C=C\C/C=C\C/C=C\C/C=C\C/C=C\CCC(=O)OCC(COP(=O)(O)OCC(O)COP(=O)(O)OCC(COC(=O)CCCCCC/C=C\C/C=C\C/C=C\C/C=C\CC)OC(=O)CCCCCCC/C=C\C/C=C\C/C=C\CC)OC(=O)CCCCCCC/C=C\C/C=C\CCC. The van der Waals surface area contributed by atoms with Crippen LogP contribution in [0.4, 0.5) is 0 Å². The van der Waals surface area contributed by atoms with Crippen LogP contribution >= 0.6 is 15.6 Å². The Labute approximate surface area is 628 Å². The molecule has 588 valence electrons. The summed E-state index contributed by atoms with van der Waals surface area (Å²) in [6.45, 7) is 4.29. The zero-order valence-electron chi connectivity index (χ0n) is 64.1. The number of rotatable bonds is 71. The van der Waals surface area contributed by atoms with Crippen molar-refractivity contribution >= 4 is 39.5 Å². The molecular weight excluding hydrogens is 1350 g/mol. The highest BCUT2D eigenvalue weighted by molar-refractivity contribution is 7.47. The molecule has 0 saturated carbocycles. The van der Waals surface area contributed by atoms with Crippen LogP contribution in [0.5, 0.6) is 0 Å². The first kappa shape index (κ1) is 98.2. The van der Waals surface area contributed by atoms with Crippen LogP contribution in [-0.2, 0) is 65.4 Å². The van der Waals surface area contributed by atoms with Crippen molar-refractivity contribution < 1.29 is 80.2 Å². The quantitative estimate of drug-likeness (QED) is 0.0169. The minimum absolute atomic E-state index is 0.0260. The molecule has 5 atom stereocenters. The van der Waals surface area contributed by atoms with Gasteiger partial charge in [0.1, 0.15) is 19.3 Å². The van der Waals surface area contributed by atoms with Crippen LogP contribution < -0.4 is 0 Å². The molecule has 0 radical (unpaired) electrons. The van der Waals surface area contributed by atoms with Gasteiger partial charge in [-0.25, -0.2) is 9.13 Å². The number of esters is 4. The summed E-state index contributed by atoms with van der Waals surface area (Å²) in [4.78, 5) is 72.9. The number of phosphoric acid groups is 2. The summed E-state index contributed by atoms with van der Waals surface area (Å²) in [6, 6.07) is 0. The molecule has 0 saturated heterocycles. The summed E-state index contributed by atoms with van der Waals surface area (Å²) < 4.78 is 68.4. The van der Waals surface area contributed by atoms with Crippen molar-refractivity contribution in [3.05, 3.63) is 182 Å². The molecule has 5 unspecified atom stereocenters. The van der Waals surface area contributed by atoms with Crippen molar-refractivity contribution in [1.29, 1.82) is 0 Å². The number of aliphatic hydroxyl groups excluding tert-OH is 1. The second kappa shape index (κ2) is 75.4. The van der Waals surface area contributed by atoms with Gasteiger partial charge in [-0.15, -0.1) is 0 Å². The lowest BCUT2D eigenvalue weighted by Crippen LogP contribution is -2.30. The zero-order valence-corrected chi connectivity index (χ0v) is 65.9. The number of allylic oxidation sites excluding steroid dienone is 30. The topological polar surface area (TPSA) is 237 Å². The van der Waals surface area contributed by atoms with E-state index in [0.717, 1.165) is 186 Å². The van der Waals surface area contributed by atoms with Crippen LogP contribution in [0.3, 0.4) is 0 Å². The van der Waals surface area contributed by atoms with E-state index in [1.54, 1.807) is 0 Å². The third kappa shape index (κ3) is 74.4. The first-order valence-electron chi connectivity index (χ1n) is 39.0. The molecule has 0 aromatic carbocycles. The van der Waals surface area contributed by atoms with Gasteiger partial charge >= 0.3 is 39.5 Å². The lowest BCUT2D eigenvalue weighted by atomic mass is 10.1. The van der Waals surface area contributed by atoms with E-state index in [1.807, 2.05) is 18.2 Å². The molecule has 0 heterocycles. The van der Waals surface area contributed by atoms with E-state index in [-0.39, 0.29) is 25.7 Å². The van der Waals surface area contributed by atoms with Crippen molar-refractivity contribution in [3.8, 4) is 0 Å². The van der Waals surface area contributed by atoms with Crippen molar-refractivity contribution in [2.45, 2.75) is 290 Å². The molecule has 0 aliphatic carbocycles. The van der Waals surface area contributed by atoms with E-state index in [4.69, 9.17) is 37.0 Å². The Kier molecular flexibility index (Phi) is 71.2. The van der Waals surface area contributed by atoms with Gasteiger partial charge in [-0.3, -0.25) is 37.3 Å². The third-order valence-corrected chi connectivity index (χ3v) is 17.2. The van der Waals surface area contributed by atoms with Gasteiger partial charge in [0.25, 0.3) is 0 Å². The second-order valence-corrected chi connectivity index (χ2v) is 28.1. The van der Waals surface area contributed by atoms with Crippen LogP contribution in [0.25, 0.3) is 0 Å². The Morgan fingerprint density at radius 2 is 0.519 bits per heavy atom. The molecule has 0 aliphatic rings. The summed E-state index contributed by atoms with van der Waals surface area (Å²) in [5.74, 6) is -2.35. The number of hydrogen-bond donors (Lipinski definition) is 3. The second-order valence-electron chi connectivity index (χ2n) is 25.1. The van der Waals surface area contributed by atoms with E-state index < -0.39 is 97.5 Å². The first-order chi connectivity index (χ1) is 50.7. The maximum atomic E-state index is 13.1. The Morgan fingerprint density at radius 3 is 0.827 bits per heavy atom. The number of hydrogen-bond acceptors (Lipinski definition) is 15. The van der Waals surface area contributed by atoms with Gasteiger partial charge in [-0.05, 0) is 161 Å². The Hall–Kier alpha value is -5.84. The van der Waals surface area contributed by atoms with Crippen LogP contribution in [-0.4, -0.2) is 96.7 Å². The van der Waals surface area contributed by atoms with Crippen LogP contribution in [0, 0.1) is 0 Å². The van der Waals surface area contributed by atoms with E-state index >= 15 is 0 Å². The van der Waals surface area contributed by atoms with Crippen LogP contribution in [0.15, 0.2) is 182 Å². The van der Waals surface area contributed by atoms with Crippen LogP contribution in [0.1, 0.15) is 272 Å². The molecule has 17 nitrogen and oxygen atoms in total. The van der Waals surface area contributed by atoms with Crippen molar-refractivity contribution in [3.63, 3.8) is 0 Å². The standard InChI is InChI=1S/C85H136O17P2/c1-5-9-13-17-21-25-29-33-36-38-39-41-44-47-50-54-58-62-66-70-83(88)95-75-80(101-84(89)71-67-63-59-55-51-45-32-28-24-20-16-12-8-4)77-99-103(91,92)97-73-79(86)74-98-104(93,94)100-78-81(102-85(90)72-68-64-60-56-52-48-42-35-31-27-23-19-15-11-7-3)76-96-82(87)69-65-61-57-53-49-46-43-40-37-34-30-26-22-18-14-10-6-2/h9-11,13-16,20-23,25-28,32-37,39,41-43,46-47,50,58,62,79-81,86H,5-8,12,17-19,24,29-31,38,40,44-45,48-49,51-57,59-61,63-78H2,1-4H3,(H,91,92)(H,93,94)/b13-9-,14-10-,15-11-,20-16-,25-21-,26-22-,27-23-,32-28-,36-33-,37-34-,41-39-,42-35-,46-43-,50-47-,62-58-. The molecule has 19 heteroatoms. The number of carbonyl (C=O) groups excluding carboxylic acids is 4. The fraction of sp³-hybridized carbons (Fsp3) is 0.600. The average molecular weight is 1490 g/mol. The van der Waals surface area contributed by atoms with Crippen molar-refractivity contribution in [1.82, 2.24) is 0 Å². The van der Waals surface area contributed by atoms with Gasteiger partial charge in [0, 0.05) is 25.7 Å². The molecule has 0 bridgehead atoms. The third-order valence-electron chi connectivity index (χ3n) is 15.3. The largest absolute Gasteiger partial charge is 0.472 e. The summed E-state index contributed by atoms with van der Waals surface area (Å²) in [6.07, 6.45) is 90.4. The normalized spacial score (nSPS) is 14.9. The smallest absolute Gasteiger partial charge is 0.462 e.